The van der Waals surface area contributed by atoms with Crippen LogP contribution >= 0.6 is 11.3 Å². The van der Waals surface area contributed by atoms with Crippen molar-refractivity contribution in [1.82, 2.24) is 9.97 Å². The molecule has 0 aliphatic rings. The van der Waals surface area contributed by atoms with Gasteiger partial charge >= 0.3 is 5.97 Å². The Labute approximate surface area is 121 Å². The Bertz CT molecular complexity index is 637. The molecule has 2 aromatic rings. The predicted octanol–water partition coefficient (Wildman–Crippen LogP) is 2.78. The van der Waals surface area contributed by atoms with Crippen LogP contribution in [0.4, 0.5) is 0 Å². The van der Waals surface area contributed by atoms with Crippen molar-refractivity contribution < 1.29 is 14.6 Å². The summed E-state index contributed by atoms with van der Waals surface area (Å²) in [7, 11) is 0. The van der Waals surface area contributed by atoms with Crippen LogP contribution in [-0.4, -0.2) is 27.7 Å². The number of pyridine rings is 1. The number of hydrogen-bond acceptors (Lipinski definition) is 5. The second-order valence-electron chi connectivity index (χ2n) is 4.49. The summed E-state index contributed by atoms with van der Waals surface area (Å²) in [5.74, 6) is -0.636. The predicted molar refractivity (Wildman–Crippen MR) is 76.7 cm³/mol. The third-order valence-electron chi connectivity index (χ3n) is 2.94. The molecule has 0 bridgehead atoms. The van der Waals surface area contributed by atoms with Crippen molar-refractivity contribution >= 4 is 17.3 Å². The Kier molecular flexibility index (Phi) is 4.34. The molecule has 2 rings (SSSR count). The molecule has 0 aliphatic heterocycles. The maximum Gasteiger partial charge on any atom is 0.341 e. The molecule has 0 saturated carbocycles. The zero-order valence-electron chi connectivity index (χ0n) is 11.6. The molecule has 1 N–H and O–H groups in total. The number of aromatic carboxylic acids is 1. The summed E-state index contributed by atoms with van der Waals surface area (Å²) >= 11 is 1.58. The first-order chi connectivity index (χ1) is 9.49. The Hall–Kier alpha value is -1.95. The maximum absolute atomic E-state index is 11.3. The van der Waals surface area contributed by atoms with Gasteiger partial charge in [0.15, 0.2) is 0 Å². The minimum atomic E-state index is -1.01. The fourth-order valence-electron chi connectivity index (χ4n) is 1.99. The summed E-state index contributed by atoms with van der Waals surface area (Å²) in [6.07, 6.45) is 0.718. The van der Waals surface area contributed by atoms with Gasteiger partial charge in [-0.1, -0.05) is 0 Å². The first-order valence-corrected chi connectivity index (χ1v) is 7.10. The minimum Gasteiger partial charge on any atom is -0.492 e. The van der Waals surface area contributed by atoms with E-state index in [1.54, 1.807) is 29.8 Å². The Morgan fingerprint density at radius 2 is 2.10 bits per heavy atom. The summed E-state index contributed by atoms with van der Waals surface area (Å²) in [6.45, 7) is 5.87. The van der Waals surface area contributed by atoms with E-state index in [-0.39, 0.29) is 5.56 Å². The van der Waals surface area contributed by atoms with Gasteiger partial charge in [0.05, 0.1) is 23.5 Å². The first kappa shape index (κ1) is 14.5. The number of hydrogen-bond donors (Lipinski definition) is 1. The van der Waals surface area contributed by atoms with E-state index >= 15 is 0 Å². The molecule has 0 spiro atoms. The van der Waals surface area contributed by atoms with Crippen LogP contribution in [0.25, 0.3) is 0 Å². The van der Waals surface area contributed by atoms with Crippen LogP contribution in [0, 0.1) is 20.8 Å². The number of aromatic nitrogens is 2. The van der Waals surface area contributed by atoms with E-state index in [1.807, 2.05) is 13.8 Å². The van der Waals surface area contributed by atoms with Crippen LogP contribution in [0.5, 0.6) is 5.75 Å². The molecule has 0 amide bonds. The molecule has 2 heterocycles. The van der Waals surface area contributed by atoms with E-state index in [0.717, 1.165) is 22.7 Å². The molecule has 20 heavy (non-hydrogen) atoms. The zero-order chi connectivity index (χ0) is 14.7. The maximum atomic E-state index is 11.3. The van der Waals surface area contributed by atoms with Gasteiger partial charge in [-0.15, -0.1) is 11.3 Å². The normalized spacial score (nSPS) is 10.6. The zero-order valence-corrected chi connectivity index (χ0v) is 12.5. The van der Waals surface area contributed by atoms with Crippen molar-refractivity contribution in [1.29, 1.82) is 0 Å². The molecule has 2 aromatic heterocycles. The van der Waals surface area contributed by atoms with E-state index < -0.39 is 5.97 Å². The summed E-state index contributed by atoms with van der Waals surface area (Å²) in [6, 6.07) is 1.66. The van der Waals surface area contributed by atoms with E-state index in [0.29, 0.717) is 18.1 Å². The molecular weight excluding hydrogens is 276 g/mol. The third kappa shape index (κ3) is 3.14. The van der Waals surface area contributed by atoms with Crippen LogP contribution in [0.1, 0.15) is 32.3 Å². The highest BCUT2D eigenvalue weighted by Crippen LogP contribution is 2.23. The van der Waals surface area contributed by atoms with Crippen molar-refractivity contribution in [2.75, 3.05) is 6.61 Å². The van der Waals surface area contributed by atoms with Gasteiger partial charge in [0.1, 0.15) is 11.3 Å². The molecule has 5 nitrogen and oxygen atoms in total. The Morgan fingerprint density at radius 3 is 2.70 bits per heavy atom. The number of carboxylic acids is 1. The van der Waals surface area contributed by atoms with Gasteiger partial charge in [-0.3, -0.25) is 4.98 Å². The molecule has 0 aromatic carbocycles. The number of carbonyl (C=O) groups is 1. The van der Waals surface area contributed by atoms with Crippen molar-refractivity contribution in [3.8, 4) is 5.75 Å². The lowest BCUT2D eigenvalue weighted by Gasteiger charge is -2.11. The molecule has 106 valence electrons. The molecule has 0 aliphatic carbocycles. The number of aryl methyl sites for hydroxylation is 3. The summed E-state index contributed by atoms with van der Waals surface area (Å²) in [5, 5.41) is 9.24. The smallest absolute Gasteiger partial charge is 0.341 e. The molecule has 0 unspecified atom stereocenters. The van der Waals surface area contributed by atoms with Gasteiger partial charge in [-0.2, -0.15) is 0 Å². The highest BCUT2D eigenvalue weighted by molar-refractivity contribution is 7.09. The van der Waals surface area contributed by atoms with Crippen LogP contribution in [0.3, 0.4) is 0 Å². The molecule has 0 saturated heterocycles. The summed E-state index contributed by atoms with van der Waals surface area (Å²) < 4.78 is 5.65. The third-order valence-corrected chi connectivity index (χ3v) is 3.93. The topological polar surface area (TPSA) is 72.3 Å². The lowest BCUT2D eigenvalue weighted by molar-refractivity contribution is 0.0691. The Morgan fingerprint density at radius 1 is 1.35 bits per heavy atom. The van der Waals surface area contributed by atoms with Crippen LogP contribution < -0.4 is 4.74 Å². The number of thiazole rings is 1. The second-order valence-corrected chi connectivity index (χ2v) is 5.43. The number of ether oxygens (including phenoxy) is 1. The van der Waals surface area contributed by atoms with Crippen molar-refractivity contribution in [2.45, 2.75) is 27.2 Å². The molecule has 0 atom stereocenters. The molecule has 6 heteroatoms. The van der Waals surface area contributed by atoms with Gasteiger partial charge in [-0.25, -0.2) is 9.78 Å². The van der Waals surface area contributed by atoms with Crippen LogP contribution in [0.15, 0.2) is 11.6 Å². The van der Waals surface area contributed by atoms with E-state index in [4.69, 9.17) is 4.74 Å². The van der Waals surface area contributed by atoms with E-state index in [9.17, 15) is 9.90 Å². The fraction of sp³-hybridized carbons (Fsp3) is 0.357. The van der Waals surface area contributed by atoms with Crippen LogP contribution in [0.2, 0.25) is 0 Å². The quantitative estimate of drug-likeness (QED) is 0.917. The number of carboxylic acid groups (broad SMARTS) is 1. The molecular formula is C14H16N2O3S. The van der Waals surface area contributed by atoms with Gasteiger partial charge in [-0.05, 0) is 20.8 Å². The lowest BCUT2D eigenvalue weighted by atomic mass is 10.1. The number of nitrogens with zero attached hydrogens (tertiary/aromatic N) is 2. The lowest BCUT2D eigenvalue weighted by Crippen LogP contribution is -2.10. The van der Waals surface area contributed by atoms with Gasteiger partial charge in [0.2, 0.25) is 0 Å². The fourth-order valence-corrected chi connectivity index (χ4v) is 2.75. The SMILES string of the molecule is Cc1cc(OCCc2scnc2C)c(C(=O)O)c(C)n1. The van der Waals surface area contributed by atoms with E-state index in [1.165, 1.54) is 0 Å². The monoisotopic (exact) mass is 292 g/mol. The van der Waals surface area contributed by atoms with Gasteiger partial charge in [0, 0.05) is 23.1 Å². The summed E-state index contributed by atoms with van der Waals surface area (Å²) in [4.78, 5) is 20.8. The van der Waals surface area contributed by atoms with Crippen molar-refractivity contribution in [3.05, 3.63) is 39.1 Å². The average molecular weight is 292 g/mol. The largest absolute Gasteiger partial charge is 0.492 e. The standard InChI is InChI=1S/C14H16N2O3S/c1-8-6-11(13(14(17)18)10(3)16-8)19-5-4-12-9(2)15-7-20-12/h6-7H,4-5H2,1-3H3,(H,17,18). The second kappa shape index (κ2) is 6.00. The Balaban J connectivity index is 2.13. The molecule has 0 radical (unpaired) electrons. The number of rotatable bonds is 5. The van der Waals surface area contributed by atoms with Crippen molar-refractivity contribution in [2.24, 2.45) is 0 Å². The molecule has 0 fully saturated rings. The minimum absolute atomic E-state index is 0.136. The summed E-state index contributed by atoms with van der Waals surface area (Å²) in [5.41, 5.74) is 4.15. The van der Waals surface area contributed by atoms with Crippen LogP contribution in [-0.2, 0) is 6.42 Å². The first-order valence-electron chi connectivity index (χ1n) is 6.22. The highest BCUT2D eigenvalue weighted by Gasteiger charge is 2.16. The van der Waals surface area contributed by atoms with Gasteiger partial charge < -0.3 is 9.84 Å². The van der Waals surface area contributed by atoms with Gasteiger partial charge in [0.25, 0.3) is 0 Å². The van der Waals surface area contributed by atoms with Crippen molar-refractivity contribution in [3.63, 3.8) is 0 Å². The highest BCUT2D eigenvalue weighted by atomic mass is 32.1. The average Bonchev–Trinajstić information content (AvgIpc) is 2.73. The van der Waals surface area contributed by atoms with E-state index in [2.05, 4.69) is 9.97 Å².